The highest BCUT2D eigenvalue weighted by atomic mass is 32.2. The van der Waals surface area contributed by atoms with Crippen LogP contribution in [-0.4, -0.2) is 34.2 Å². The molecule has 2 aromatic carbocycles. The number of benzene rings is 2. The minimum Gasteiger partial charge on any atom is -0.494 e. The third-order valence-electron chi connectivity index (χ3n) is 4.59. The molecule has 27 heavy (non-hydrogen) atoms. The van der Waals surface area contributed by atoms with Crippen molar-refractivity contribution < 1.29 is 21.9 Å². The molecule has 2 atom stereocenters. The number of rotatable bonds is 6. The summed E-state index contributed by atoms with van der Waals surface area (Å²) < 4.78 is 60.6. The van der Waals surface area contributed by atoms with Crippen LogP contribution in [0.15, 0.2) is 47.4 Å². The average molecular weight is 396 g/mol. The molecule has 0 aliphatic carbocycles. The second kappa shape index (κ2) is 8.33. The third-order valence-corrected chi connectivity index (χ3v) is 6.07. The Hall–Kier alpha value is -2.03. The maximum Gasteiger partial charge on any atom is 0.241 e. The Labute approximate surface area is 157 Å². The number of hydrogen-bond donors (Lipinski definition) is 2. The van der Waals surface area contributed by atoms with Gasteiger partial charge in [0.25, 0.3) is 0 Å². The molecule has 0 saturated carbocycles. The molecule has 2 aromatic rings. The fourth-order valence-corrected chi connectivity index (χ4v) is 4.60. The molecular formula is C19H22F2N2O3S. The van der Waals surface area contributed by atoms with Crippen LogP contribution >= 0.6 is 0 Å². The van der Waals surface area contributed by atoms with Crippen LogP contribution in [0.25, 0.3) is 0 Å². The predicted octanol–water partition coefficient (Wildman–Crippen LogP) is 2.79. The van der Waals surface area contributed by atoms with Crippen molar-refractivity contribution >= 4 is 10.0 Å². The lowest BCUT2D eigenvalue weighted by atomic mass is 9.86. The molecular weight excluding hydrogens is 374 g/mol. The first-order valence-corrected chi connectivity index (χ1v) is 10.3. The van der Waals surface area contributed by atoms with Crippen LogP contribution in [0.3, 0.4) is 0 Å². The molecule has 0 bridgehead atoms. The normalized spacial score (nSPS) is 20.4. The van der Waals surface area contributed by atoms with Crippen LogP contribution < -0.4 is 14.8 Å². The molecule has 2 N–H and O–H groups in total. The first-order valence-electron chi connectivity index (χ1n) is 8.81. The monoisotopic (exact) mass is 396 g/mol. The van der Waals surface area contributed by atoms with E-state index < -0.39 is 27.7 Å². The van der Waals surface area contributed by atoms with Crippen LogP contribution in [0.4, 0.5) is 8.78 Å². The molecule has 0 radical (unpaired) electrons. The summed E-state index contributed by atoms with van der Waals surface area (Å²) in [4.78, 5) is 0.100. The van der Waals surface area contributed by atoms with Crippen molar-refractivity contribution in [3.05, 3.63) is 59.7 Å². The van der Waals surface area contributed by atoms with Gasteiger partial charge in [-0.15, -0.1) is 0 Å². The number of hydrogen-bond acceptors (Lipinski definition) is 4. The van der Waals surface area contributed by atoms with Gasteiger partial charge in [0, 0.05) is 24.6 Å². The van der Waals surface area contributed by atoms with E-state index in [9.17, 15) is 17.2 Å². The van der Waals surface area contributed by atoms with Gasteiger partial charge in [0.05, 0.1) is 11.5 Å². The molecule has 2 unspecified atom stereocenters. The Kier molecular flexibility index (Phi) is 6.08. The highest BCUT2D eigenvalue weighted by Crippen LogP contribution is 2.28. The van der Waals surface area contributed by atoms with Crippen molar-refractivity contribution in [3.63, 3.8) is 0 Å². The standard InChI is InChI=1S/C19H22F2N2O3S/c1-2-26-14-4-3-5-15(11-14)27(24,25)23-19-12-22-9-8-16(19)13-6-7-17(20)18(21)10-13/h3-7,10-11,16,19,22-23H,2,8-9,12H2,1H3. The van der Waals surface area contributed by atoms with Gasteiger partial charge in [-0.1, -0.05) is 12.1 Å². The van der Waals surface area contributed by atoms with Crippen LogP contribution in [0.1, 0.15) is 24.8 Å². The molecule has 146 valence electrons. The van der Waals surface area contributed by atoms with E-state index in [2.05, 4.69) is 10.0 Å². The van der Waals surface area contributed by atoms with E-state index in [0.29, 0.717) is 37.4 Å². The van der Waals surface area contributed by atoms with Crippen molar-refractivity contribution in [2.75, 3.05) is 19.7 Å². The zero-order chi connectivity index (χ0) is 19.4. The van der Waals surface area contributed by atoms with Gasteiger partial charge >= 0.3 is 0 Å². The molecule has 1 heterocycles. The van der Waals surface area contributed by atoms with E-state index in [1.54, 1.807) is 12.1 Å². The molecule has 1 aliphatic rings. The summed E-state index contributed by atoms with van der Waals surface area (Å²) >= 11 is 0. The number of halogens is 2. The van der Waals surface area contributed by atoms with Crippen molar-refractivity contribution in [1.29, 1.82) is 0 Å². The summed E-state index contributed by atoms with van der Waals surface area (Å²) in [6.45, 7) is 3.32. The molecule has 0 aromatic heterocycles. The quantitative estimate of drug-likeness (QED) is 0.788. The van der Waals surface area contributed by atoms with Crippen LogP contribution in [-0.2, 0) is 10.0 Å². The van der Waals surface area contributed by atoms with E-state index in [1.807, 2.05) is 6.92 Å². The Balaban J connectivity index is 1.84. The molecule has 8 heteroatoms. The van der Waals surface area contributed by atoms with E-state index in [-0.39, 0.29) is 10.8 Å². The topological polar surface area (TPSA) is 67.4 Å². The minimum atomic E-state index is -3.80. The minimum absolute atomic E-state index is 0.100. The van der Waals surface area contributed by atoms with Gasteiger partial charge in [0.2, 0.25) is 10.0 Å². The van der Waals surface area contributed by atoms with Gasteiger partial charge in [0.15, 0.2) is 11.6 Å². The molecule has 5 nitrogen and oxygen atoms in total. The lowest BCUT2D eigenvalue weighted by molar-refractivity contribution is 0.339. The SMILES string of the molecule is CCOc1cccc(S(=O)(=O)NC2CNCCC2c2ccc(F)c(F)c2)c1. The smallest absolute Gasteiger partial charge is 0.241 e. The molecule has 1 saturated heterocycles. The largest absolute Gasteiger partial charge is 0.494 e. The number of sulfonamides is 1. The second-order valence-electron chi connectivity index (χ2n) is 6.41. The van der Waals surface area contributed by atoms with Gasteiger partial charge in [-0.05, 0) is 49.7 Å². The maximum absolute atomic E-state index is 13.6. The summed E-state index contributed by atoms with van der Waals surface area (Å²) in [5.41, 5.74) is 0.575. The molecule has 0 amide bonds. The van der Waals surface area contributed by atoms with Crippen LogP contribution in [0.5, 0.6) is 5.75 Å². The zero-order valence-corrected chi connectivity index (χ0v) is 15.7. The van der Waals surface area contributed by atoms with Crippen molar-refractivity contribution in [2.45, 2.75) is 30.2 Å². The summed E-state index contributed by atoms with van der Waals surface area (Å²) in [6, 6.07) is 9.50. The van der Waals surface area contributed by atoms with Crippen molar-refractivity contribution in [2.24, 2.45) is 0 Å². The summed E-state index contributed by atoms with van der Waals surface area (Å²) in [7, 11) is -3.80. The molecule has 1 aliphatic heterocycles. The van der Waals surface area contributed by atoms with Gasteiger partial charge in [0.1, 0.15) is 5.75 Å². The molecule has 3 rings (SSSR count). The Morgan fingerprint density at radius 3 is 2.74 bits per heavy atom. The van der Waals surface area contributed by atoms with Gasteiger partial charge < -0.3 is 10.1 Å². The number of ether oxygens (including phenoxy) is 1. The number of piperidine rings is 1. The zero-order valence-electron chi connectivity index (χ0n) is 14.9. The fraction of sp³-hybridized carbons (Fsp3) is 0.368. The van der Waals surface area contributed by atoms with Gasteiger partial charge in [-0.3, -0.25) is 0 Å². The van der Waals surface area contributed by atoms with Gasteiger partial charge in [-0.25, -0.2) is 21.9 Å². The fourth-order valence-electron chi connectivity index (χ4n) is 3.29. The Morgan fingerprint density at radius 1 is 1.19 bits per heavy atom. The first kappa shape index (κ1) is 19.7. The summed E-state index contributed by atoms with van der Waals surface area (Å²) in [5, 5.41) is 3.15. The van der Waals surface area contributed by atoms with E-state index in [4.69, 9.17) is 4.74 Å². The van der Waals surface area contributed by atoms with Gasteiger partial charge in [-0.2, -0.15) is 0 Å². The van der Waals surface area contributed by atoms with Crippen LogP contribution in [0, 0.1) is 11.6 Å². The average Bonchev–Trinajstić information content (AvgIpc) is 2.65. The highest BCUT2D eigenvalue weighted by molar-refractivity contribution is 7.89. The van der Waals surface area contributed by atoms with E-state index in [0.717, 1.165) is 12.1 Å². The van der Waals surface area contributed by atoms with Crippen molar-refractivity contribution in [3.8, 4) is 5.75 Å². The molecule has 1 fully saturated rings. The second-order valence-corrected chi connectivity index (χ2v) is 8.12. The maximum atomic E-state index is 13.6. The Morgan fingerprint density at radius 2 is 2.00 bits per heavy atom. The first-order chi connectivity index (χ1) is 12.9. The third kappa shape index (κ3) is 4.63. The summed E-state index contributed by atoms with van der Waals surface area (Å²) in [5.74, 6) is -1.64. The molecule has 0 spiro atoms. The van der Waals surface area contributed by atoms with E-state index >= 15 is 0 Å². The van der Waals surface area contributed by atoms with Crippen LogP contribution in [0.2, 0.25) is 0 Å². The number of nitrogens with one attached hydrogen (secondary N) is 2. The van der Waals surface area contributed by atoms with Crippen molar-refractivity contribution in [1.82, 2.24) is 10.0 Å². The van der Waals surface area contributed by atoms with E-state index in [1.165, 1.54) is 18.2 Å². The summed E-state index contributed by atoms with van der Waals surface area (Å²) in [6.07, 6.45) is 0.608. The highest BCUT2D eigenvalue weighted by Gasteiger charge is 2.31. The lowest BCUT2D eigenvalue weighted by Crippen LogP contribution is -2.49. The lowest BCUT2D eigenvalue weighted by Gasteiger charge is -2.33. The Bertz CT molecular complexity index is 906. The predicted molar refractivity (Wildman–Crippen MR) is 98.3 cm³/mol.